The van der Waals surface area contributed by atoms with E-state index in [1.807, 2.05) is 17.0 Å². The highest BCUT2D eigenvalue weighted by molar-refractivity contribution is 5.77. The number of halogens is 1. The summed E-state index contributed by atoms with van der Waals surface area (Å²) in [6.45, 7) is 0.786. The van der Waals surface area contributed by atoms with Gasteiger partial charge in [0.2, 0.25) is 5.91 Å². The van der Waals surface area contributed by atoms with E-state index >= 15 is 0 Å². The van der Waals surface area contributed by atoms with E-state index < -0.39 is 0 Å². The van der Waals surface area contributed by atoms with Crippen molar-refractivity contribution in [2.45, 2.75) is 25.3 Å². The standard InChI is InChI=1S/C17H17FN2O/c18-15-6-4-14(5-7-15)16-9-11-20(16)17(21)8-3-13-2-1-10-19-12-13/h1-2,4-7,10,12,16H,3,8-9,11H2. The maximum atomic E-state index is 12.9. The first-order chi connectivity index (χ1) is 10.2. The van der Waals surface area contributed by atoms with Gasteiger partial charge in [0, 0.05) is 25.4 Å². The molecule has 4 heteroatoms. The molecule has 2 aromatic rings. The van der Waals surface area contributed by atoms with Gasteiger partial charge in [-0.1, -0.05) is 18.2 Å². The van der Waals surface area contributed by atoms with Crippen LogP contribution >= 0.6 is 0 Å². The first-order valence-corrected chi connectivity index (χ1v) is 7.18. The molecule has 1 aliphatic heterocycles. The van der Waals surface area contributed by atoms with Gasteiger partial charge >= 0.3 is 0 Å². The summed E-state index contributed by atoms with van der Waals surface area (Å²) in [4.78, 5) is 18.2. The van der Waals surface area contributed by atoms with Gasteiger partial charge in [-0.25, -0.2) is 4.39 Å². The predicted molar refractivity (Wildman–Crippen MR) is 78.0 cm³/mol. The zero-order chi connectivity index (χ0) is 14.7. The maximum absolute atomic E-state index is 12.9. The van der Waals surface area contributed by atoms with Crippen molar-refractivity contribution in [2.75, 3.05) is 6.54 Å². The summed E-state index contributed by atoms with van der Waals surface area (Å²) in [7, 11) is 0. The number of aromatic nitrogens is 1. The molecule has 3 rings (SSSR count). The molecule has 0 bridgehead atoms. The summed E-state index contributed by atoms with van der Waals surface area (Å²) in [6.07, 6.45) is 5.67. The van der Waals surface area contributed by atoms with Crippen LogP contribution in [0.2, 0.25) is 0 Å². The van der Waals surface area contributed by atoms with Crippen LogP contribution in [0.3, 0.4) is 0 Å². The Hall–Kier alpha value is -2.23. The van der Waals surface area contributed by atoms with Gasteiger partial charge in [0.05, 0.1) is 6.04 Å². The molecule has 0 aliphatic carbocycles. The fourth-order valence-corrected chi connectivity index (χ4v) is 2.66. The van der Waals surface area contributed by atoms with Gasteiger partial charge in [0.25, 0.3) is 0 Å². The molecule has 0 N–H and O–H groups in total. The van der Waals surface area contributed by atoms with E-state index in [0.717, 1.165) is 24.1 Å². The molecule has 2 heterocycles. The van der Waals surface area contributed by atoms with Crippen LogP contribution in [0.25, 0.3) is 0 Å². The number of hydrogen-bond acceptors (Lipinski definition) is 2. The maximum Gasteiger partial charge on any atom is 0.223 e. The quantitative estimate of drug-likeness (QED) is 0.864. The number of carbonyl (C=O) groups is 1. The fourth-order valence-electron chi connectivity index (χ4n) is 2.66. The summed E-state index contributed by atoms with van der Waals surface area (Å²) in [5.41, 5.74) is 2.09. The minimum absolute atomic E-state index is 0.104. The van der Waals surface area contributed by atoms with Crippen molar-refractivity contribution in [1.29, 1.82) is 0 Å². The summed E-state index contributed by atoms with van der Waals surface area (Å²) >= 11 is 0. The number of benzene rings is 1. The molecule has 1 fully saturated rings. The molecule has 1 amide bonds. The van der Waals surface area contributed by atoms with E-state index in [2.05, 4.69) is 4.98 Å². The van der Waals surface area contributed by atoms with Crippen LogP contribution in [-0.4, -0.2) is 22.3 Å². The van der Waals surface area contributed by atoms with Crippen LogP contribution in [0, 0.1) is 5.82 Å². The molecular weight excluding hydrogens is 267 g/mol. The normalized spacial score (nSPS) is 17.4. The molecule has 1 aromatic carbocycles. The summed E-state index contributed by atoms with van der Waals surface area (Å²) in [6, 6.07) is 10.4. The van der Waals surface area contributed by atoms with Crippen molar-refractivity contribution in [3.05, 3.63) is 65.7 Å². The summed E-state index contributed by atoms with van der Waals surface area (Å²) < 4.78 is 12.9. The Morgan fingerprint density at radius 3 is 2.71 bits per heavy atom. The lowest BCUT2D eigenvalue weighted by atomic mass is 9.94. The number of carbonyl (C=O) groups excluding carboxylic acids is 1. The fraction of sp³-hybridized carbons (Fsp3) is 0.294. The lowest BCUT2D eigenvalue weighted by molar-refractivity contribution is -0.139. The van der Waals surface area contributed by atoms with Crippen LogP contribution in [0.15, 0.2) is 48.8 Å². The molecule has 0 saturated carbocycles. The highest BCUT2D eigenvalue weighted by Crippen LogP contribution is 2.33. The minimum atomic E-state index is -0.243. The molecule has 1 saturated heterocycles. The van der Waals surface area contributed by atoms with Crippen LogP contribution < -0.4 is 0 Å². The van der Waals surface area contributed by atoms with Crippen molar-refractivity contribution < 1.29 is 9.18 Å². The second kappa shape index (κ2) is 6.04. The Balaban J connectivity index is 1.59. The molecule has 21 heavy (non-hydrogen) atoms. The van der Waals surface area contributed by atoms with Crippen molar-refractivity contribution >= 4 is 5.91 Å². The third-order valence-electron chi connectivity index (χ3n) is 3.95. The highest BCUT2D eigenvalue weighted by atomic mass is 19.1. The van der Waals surface area contributed by atoms with Crippen LogP contribution in [0.4, 0.5) is 4.39 Å². The third kappa shape index (κ3) is 3.10. The monoisotopic (exact) mass is 284 g/mol. The van der Waals surface area contributed by atoms with Gasteiger partial charge < -0.3 is 4.90 Å². The minimum Gasteiger partial charge on any atom is -0.335 e. The lowest BCUT2D eigenvalue weighted by Gasteiger charge is -2.41. The first-order valence-electron chi connectivity index (χ1n) is 7.18. The molecule has 108 valence electrons. The third-order valence-corrected chi connectivity index (χ3v) is 3.95. The SMILES string of the molecule is O=C(CCc1cccnc1)N1CCC1c1ccc(F)cc1. The number of hydrogen-bond donors (Lipinski definition) is 0. The number of likely N-dealkylation sites (tertiary alicyclic amines) is 1. The van der Waals surface area contributed by atoms with E-state index in [1.165, 1.54) is 12.1 Å². The van der Waals surface area contributed by atoms with Gasteiger partial charge in [-0.05, 0) is 42.2 Å². The Bertz CT molecular complexity index is 612. The van der Waals surface area contributed by atoms with Crippen LogP contribution in [0.5, 0.6) is 0 Å². The smallest absolute Gasteiger partial charge is 0.223 e. The molecule has 0 spiro atoms. The number of amides is 1. The molecule has 1 aromatic heterocycles. The van der Waals surface area contributed by atoms with Crippen LogP contribution in [0.1, 0.15) is 30.0 Å². The first kappa shape index (κ1) is 13.7. The highest BCUT2D eigenvalue weighted by Gasteiger charge is 2.32. The Kier molecular flexibility index (Phi) is 3.95. The summed E-state index contributed by atoms with van der Waals surface area (Å²) in [5, 5.41) is 0. The average Bonchev–Trinajstić information content (AvgIpc) is 2.47. The van der Waals surface area contributed by atoms with E-state index in [-0.39, 0.29) is 17.8 Å². The average molecular weight is 284 g/mol. The Morgan fingerprint density at radius 2 is 2.10 bits per heavy atom. The van der Waals surface area contributed by atoms with Crippen molar-refractivity contribution in [2.24, 2.45) is 0 Å². The van der Waals surface area contributed by atoms with E-state index in [9.17, 15) is 9.18 Å². The molecule has 0 radical (unpaired) electrons. The number of nitrogens with zero attached hydrogens (tertiary/aromatic N) is 2. The van der Waals surface area contributed by atoms with Gasteiger partial charge in [0.1, 0.15) is 5.82 Å². The predicted octanol–water partition coefficient (Wildman–Crippen LogP) is 3.13. The second-order valence-corrected chi connectivity index (χ2v) is 5.30. The van der Waals surface area contributed by atoms with Crippen molar-refractivity contribution in [3.8, 4) is 0 Å². The number of pyridine rings is 1. The van der Waals surface area contributed by atoms with Gasteiger partial charge in [-0.2, -0.15) is 0 Å². The van der Waals surface area contributed by atoms with Gasteiger partial charge in [-0.15, -0.1) is 0 Å². The molecular formula is C17H17FN2O. The zero-order valence-corrected chi connectivity index (χ0v) is 11.7. The molecule has 1 atom stereocenters. The Labute approximate surface area is 123 Å². The Morgan fingerprint density at radius 1 is 1.29 bits per heavy atom. The van der Waals surface area contributed by atoms with Gasteiger partial charge in [0.15, 0.2) is 0 Å². The topological polar surface area (TPSA) is 33.2 Å². The lowest BCUT2D eigenvalue weighted by Crippen LogP contribution is -2.45. The molecule has 3 nitrogen and oxygen atoms in total. The van der Waals surface area contributed by atoms with Gasteiger partial charge in [-0.3, -0.25) is 9.78 Å². The van der Waals surface area contributed by atoms with E-state index in [4.69, 9.17) is 0 Å². The number of aryl methyl sites for hydroxylation is 1. The zero-order valence-electron chi connectivity index (χ0n) is 11.7. The molecule has 1 unspecified atom stereocenters. The number of rotatable bonds is 4. The largest absolute Gasteiger partial charge is 0.335 e. The van der Waals surface area contributed by atoms with E-state index in [1.54, 1.807) is 24.5 Å². The summed E-state index contributed by atoms with van der Waals surface area (Å²) in [5.74, 6) is -0.0908. The second-order valence-electron chi connectivity index (χ2n) is 5.30. The molecule has 1 aliphatic rings. The van der Waals surface area contributed by atoms with Crippen molar-refractivity contribution in [1.82, 2.24) is 9.88 Å². The van der Waals surface area contributed by atoms with Crippen LogP contribution in [-0.2, 0) is 11.2 Å². The van der Waals surface area contributed by atoms with E-state index in [0.29, 0.717) is 12.8 Å². The van der Waals surface area contributed by atoms with Crippen molar-refractivity contribution in [3.63, 3.8) is 0 Å².